The van der Waals surface area contributed by atoms with Gasteiger partial charge in [0.15, 0.2) is 0 Å². The van der Waals surface area contributed by atoms with Crippen molar-refractivity contribution in [3.63, 3.8) is 0 Å². The van der Waals surface area contributed by atoms with Crippen LogP contribution >= 0.6 is 23.5 Å². The van der Waals surface area contributed by atoms with Crippen molar-refractivity contribution in [1.82, 2.24) is 0 Å². The van der Waals surface area contributed by atoms with Crippen molar-refractivity contribution in [3.05, 3.63) is 0 Å². The lowest BCUT2D eigenvalue weighted by atomic mass is 9.96. The zero-order chi connectivity index (χ0) is 17.9. The molecular weight excluding hydrogens is 336 g/mol. The molecule has 0 saturated carbocycles. The van der Waals surface area contributed by atoms with Gasteiger partial charge in [0, 0.05) is 5.41 Å². The molecule has 0 aromatic heterocycles. The smallest absolute Gasteiger partial charge is 0.322 e. The normalized spacial score (nSPS) is 14.2. The van der Waals surface area contributed by atoms with Crippen LogP contribution in [0, 0.1) is 5.41 Å². The van der Waals surface area contributed by atoms with Crippen molar-refractivity contribution in [2.24, 2.45) is 16.9 Å². The van der Waals surface area contributed by atoms with Crippen LogP contribution in [0.15, 0.2) is 0 Å². The van der Waals surface area contributed by atoms with E-state index in [1.807, 2.05) is 26.4 Å². The molecule has 0 aliphatic carbocycles. The molecule has 0 unspecified atom stereocenters. The standard InChI is InChI=1S/C15H30N2O4S2/c1-15(2,9-20-13(18)11(16)5-7-22-3)10-21-14(19)12(17)6-8-23-4/h11-12H,5-10,16-17H2,1-4H3/t11-,12-/m0/s1. The van der Waals surface area contributed by atoms with E-state index >= 15 is 0 Å². The molecule has 0 bridgehead atoms. The van der Waals surface area contributed by atoms with Gasteiger partial charge in [0.25, 0.3) is 0 Å². The first kappa shape index (κ1) is 22.6. The third kappa shape index (κ3) is 10.9. The molecule has 0 heterocycles. The van der Waals surface area contributed by atoms with E-state index in [1.54, 1.807) is 23.5 Å². The molecule has 0 aromatic rings. The van der Waals surface area contributed by atoms with Gasteiger partial charge in [0.1, 0.15) is 12.1 Å². The Morgan fingerprint density at radius 3 is 1.57 bits per heavy atom. The highest BCUT2D eigenvalue weighted by Gasteiger charge is 2.26. The Balaban J connectivity index is 4.13. The second-order valence-electron chi connectivity index (χ2n) is 6.16. The Morgan fingerprint density at radius 2 is 1.26 bits per heavy atom. The van der Waals surface area contributed by atoms with Gasteiger partial charge in [-0.2, -0.15) is 23.5 Å². The van der Waals surface area contributed by atoms with Crippen LogP contribution in [0.3, 0.4) is 0 Å². The third-order valence-corrected chi connectivity index (χ3v) is 4.37. The Bertz CT molecular complexity index is 335. The van der Waals surface area contributed by atoms with E-state index in [1.165, 1.54) is 0 Å². The average Bonchev–Trinajstić information content (AvgIpc) is 2.53. The topological polar surface area (TPSA) is 105 Å². The van der Waals surface area contributed by atoms with Crippen LogP contribution in [0.1, 0.15) is 26.7 Å². The number of ether oxygens (including phenoxy) is 2. The van der Waals surface area contributed by atoms with Gasteiger partial charge < -0.3 is 20.9 Å². The predicted octanol–water partition coefficient (Wildman–Crippen LogP) is 1.26. The first-order chi connectivity index (χ1) is 10.7. The molecule has 6 nitrogen and oxygen atoms in total. The van der Waals surface area contributed by atoms with Crippen molar-refractivity contribution in [1.29, 1.82) is 0 Å². The summed E-state index contributed by atoms with van der Waals surface area (Å²) in [6.07, 6.45) is 5.08. The molecule has 0 radical (unpaired) electrons. The largest absolute Gasteiger partial charge is 0.464 e. The van der Waals surface area contributed by atoms with Gasteiger partial charge in [-0.3, -0.25) is 9.59 Å². The van der Waals surface area contributed by atoms with E-state index in [9.17, 15) is 9.59 Å². The highest BCUT2D eigenvalue weighted by atomic mass is 32.2. The summed E-state index contributed by atoms with van der Waals surface area (Å²) in [6.45, 7) is 4.00. The monoisotopic (exact) mass is 366 g/mol. The number of hydrogen-bond acceptors (Lipinski definition) is 8. The fourth-order valence-corrected chi connectivity index (χ4v) is 2.49. The van der Waals surface area contributed by atoms with Gasteiger partial charge in [0.05, 0.1) is 13.2 Å². The van der Waals surface area contributed by atoms with E-state index in [2.05, 4.69) is 0 Å². The summed E-state index contributed by atoms with van der Waals surface area (Å²) in [5.74, 6) is 0.779. The van der Waals surface area contributed by atoms with E-state index in [0.29, 0.717) is 12.8 Å². The summed E-state index contributed by atoms with van der Waals surface area (Å²) in [6, 6.07) is -1.22. The van der Waals surface area contributed by atoms with Gasteiger partial charge in [-0.25, -0.2) is 0 Å². The first-order valence-corrected chi connectivity index (χ1v) is 10.3. The predicted molar refractivity (Wildman–Crippen MR) is 97.6 cm³/mol. The van der Waals surface area contributed by atoms with Gasteiger partial charge in [0.2, 0.25) is 0 Å². The molecule has 8 heteroatoms. The molecular formula is C15H30N2O4S2. The minimum absolute atomic E-state index is 0.145. The van der Waals surface area contributed by atoms with Crippen LogP contribution in [0.5, 0.6) is 0 Å². The highest BCUT2D eigenvalue weighted by Crippen LogP contribution is 2.17. The highest BCUT2D eigenvalue weighted by molar-refractivity contribution is 7.98. The van der Waals surface area contributed by atoms with Crippen molar-refractivity contribution < 1.29 is 19.1 Å². The molecule has 0 saturated heterocycles. The van der Waals surface area contributed by atoms with E-state index in [4.69, 9.17) is 20.9 Å². The summed E-state index contributed by atoms with van der Waals surface area (Å²) in [7, 11) is 0. The number of nitrogens with two attached hydrogens (primary N) is 2. The third-order valence-electron chi connectivity index (χ3n) is 3.08. The van der Waals surface area contributed by atoms with E-state index in [-0.39, 0.29) is 13.2 Å². The van der Waals surface area contributed by atoms with Crippen LogP contribution in [0.25, 0.3) is 0 Å². The summed E-state index contributed by atoms with van der Waals surface area (Å²) in [5.41, 5.74) is 11.0. The van der Waals surface area contributed by atoms with Crippen molar-refractivity contribution in [3.8, 4) is 0 Å². The SMILES string of the molecule is CSCC[C@H](N)C(=O)OCC(C)(C)COC(=O)[C@@H](N)CCSC. The molecule has 0 aromatic carbocycles. The van der Waals surface area contributed by atoms with Crippen molar-refractivity contribution >= 4 is 35.5 Å². The van der Waals surface area contributed by atoms with E-state index in [0.717, 1.165) is 11.5 Å². The van der Waals surface area contributed by atoms with Crippen LogP contribution in [0.4, 0.5) is 0 Å². The molecule has 0 aliphatic heterocycles. The molecule has 4 N–H and O–H groups in total. The Hall–Kier alpha value is -0.440. The molecule has 23 heavy (non-hydrogen) atoms. The average molecular weight is 367 g/mol. The number of carbonyl (C=O) groups excluding carboxylic acids is 2. The fraction of sp³-hybridized carbons (Fsp3) is 0.867. The maximum atomic E-state index is 11.8. The molecule has 0 spiro atoms. The van der Waals surface area contributed by atoms with Crippen LogP contribution in [0.2, 0.25) is 0 Å². The summed E-state index contributed by atoms with van der Waals surface area (Å²) in [4.78, 5) is 23.5. The second-order valence-corrected chi connectivity index (χ2v) is 8.13. The summed E-state index contributed by atoms with van der Waals surface area (Å²) >= 11 is 3.26. The maximum Gasteiger partial charge on any atom is 0.322 e. The summed E-state index contributed by atoms with van der Waals surface area (Å²) < 4.78 is 10.4. The first-order valence-electron chi connectivity index (χ1n) is 7.56. The minimum Gasteiger partial charge on any atom is -0.464 e. The minimum atomic E-state index is -0.610. The molecule has 0 rings (SSSR count). The summed E-state index contributed by atoms with van der Waals surface area (Å²) in [5, 5.41) is 0. The number of carbonyl (C=O) groups is 2. The lowest BCUT2D eigenvalue weighted by molar-refractivity contribution is -0.154. The molecule has 0 amide bonds. The molecule has 0 aliphatic rings. The van der Waals surface area contributed by atoms with Crippen molar-refractivity contribution in [2.75, 3.05) is 37.2 Å². The Kier molecular flexibility index (Phi) is 11.8. The number of hydrogen-bond donors (Lipinski definition) is 2. The van der Waals surface area contributed by atoms with Crippen LogP contribution in [-0.2, 0) is 19.1 Å². The molecule has 0 fully saturated rings. The zero-order valence-electron chi connectivity index (χ0n) is 14.5. The van der Waals surface area contributed by atoms with Gasteiger partial charge in [-0.05, 0) is 36.9 Å². The van der Waals surface area contributed by atoms with Gasteiger partial charge in [-0.1, -0.05) is 13.8 Å². The lowest BCUT2D eigenvalue weighted by Crippen LogP contribution is -2.38. The second kappa shape index (κ2) is 12.0. The quantitative estimate of drug-likeness (QED) is 0.497. The Morgan fingerprint density at radius 1 is 0.913 bits per heavy atom. The fourth-order valence-electron chi connectivity index (χ4n) is 1.51. The molecule has 136 valence electrons. The lowest BCUT2D eigenvalue weighted by Gasteiger charge is -2.25. The maximum absolute atomic E-state index is 11.8. The number of rotatable bonds is 12. The van der Waals surface area contributed by atoms with Gasteiger partial charge >= 0.3 is 11.9 Å². The number of thioether (sulfide) groups is 2. The van der Waals surface area contributed by atoms with Crippen LogP contribution < -0.4 is 11.5 Å². The number of esters is 2. The zero-order valence-corrected chi connectivity index (χ0v) is 16.1. The van der Waals surface area contributed by atoms with Crippen molar-refractivity contribution in [2.45, 2.75) is 38.8 Å². The van der Waals surface area contributed by atoms with Crippen LogP contribution in [-0.4, -0.2) is 61.3 Å². The van der Waals surface area contributed by atoms with E-state index < -0.39 is 29.4 Å². The van der Waals surface area contributed by atoms with Gasteiger partial charge in [-0.15, -0.1) is 0 Å². The Labute approximate surface area is 147 Å². The molecule has 2 atom stereocenters.